The Labute approximate surface area is 176 Å². The fourth-order valence-corrected chi connectivity index (χ4v) is 2.40. The third kappa shape index (κ3) is 7.81. The molecule has 0 aromatic heterocycles. The van der Waals surface area contributed by atoms with E-state index < -0.39 is 6.36 Å². The van der Waals surface area contributed by atoms with E-state index in [0.717, 1.165) is 5.56 Å². The topological polar surface area (TPSA) is 68.9 Å². The zero-order chi connectivity index (χ0) is 19.2. The van der Waals surface area contributed by atoms with E-state index in [1.54, 1.807) is 6.07 Å². The highest BCUT2D eigenvalue weighted by Gasteiger charge is 2.30. The van der Waals surface area contributed by atoms with Crippen LogP contribution in [-0.4, -0.2) is 26.0 Å². The van der Waals surface area contributed by atoms with E-state index in [9.17, 15) is 13.2 Å². The Morgan fingerprint density at radius 1 is 1.19 bits per heavy atom. The summed E-state index contributed by atoms with van der Waals surface area (Å²) >= 11 is 6.14. The van der Waals surface area contributed by atoms with Gasteiger partial charge in [0, 0.05) is 23.4 Å². The molecular weight excluding hydrogens is 498 g/mol. The van der Waals surface area contributed by atoms with E-state index in [-0.39, 0.29) is 48.3 Å². The number of anilines is 1. The number of rotatable bonds is 6. The van der Waals surface area contributed by atoms with Crippen LogP contribution in [-0.2, 0) is 4.74 Å². The van der Waals surface area contributed by atoms with Gasteiger partial charge in [0.15, 0.2) is 5.96 Å². The minimum atomic E-state index is -4.73. The molecule has 3 N–H and O–H groups in total. The van der Waals surface area contributed by atoms with Gasteiger partial charge in [-0.15, -0.1) is 37.1 Å². The smallest absolute Gasteiger partial charge is 0.406 e. The minimum absolute atomic E-state index is 0. The number of nitrogens with zero attached hydrogens (tertiary/aromatic N) is 1. The first-order chi connectivity index (χ1) is 12.3. The van der Waals surface area contributed by atoms with E-state index in [0.29, 0.717) is 10.7 Å². The lowest BCUT2D eigenvalue weighted by Gasteiger charge is -2.15. The molecular formula is C17H18ClF3IN3O2. The van der Waals surface area contributed by atoms with Crippen LogP contribution in [0.1, 0.15) is 11.7 Å². The maximum atomic E-state index is 12.1. The van der Waals surface area contributed by atoms with Crippen molar-refractivity contribution in [3.63, 3.8) is 0 Å². The van der Waals surface area contributed by atoms with Gasteiger partial charge in [0.05, 0.1) is 6.54 Å². The zero-order valence-corrected chi connectivity index (χ0v) is 17.3. The molecule has 0 radical (unpaired) electrons. The van der Waals surface area contributed by atoms with Crippen LogP contribution in [0.3, 0.4) is 0 Å². The average molecular weight is 516 g/mol. The molecule has 0 bridgehead atoms. The van der Waals surface area contributed by atoms with Gasteiger partial charge >= 0.3 is 6.36 Å². The summed E-state index contributed by atoms with van der Waals surface area (Å²) in [7, 11) is 1.53. The Hall–Kier alpha value is -1.72. The summed E-state index contributed by atoms with van der Waals surface area (Å²) in [6.07, 6.45) is -5.12. The molecule has 0 spiro atoms. The predicted molar refractivity (Wildman–Crippen MR) is 110 cm³/mol. The van der Waals surface area contributed by atoms with E-state index in [1.165, 1.54) is 31.4 Å². The molecule has 0 aliphatic rings. The van der Waals surface area contributed by atoms with Crippen molar-refractivity contribution in [1.82, 2.24) is 0 Å². The van der Waals surface area contributed by atoms with Crippen LogP contribution in [0.4, 0.5) is 18.9 Å². The molecule has 2 rings (SSSR count). The number of nitrogens with one attached hydrogen (secondary N) is 1. The molecule has 0 fully saturated rings. The van der Waals surface area contributed by atoms with Crippen molar-refractivity contribution in [2.75, 3.05) is 19.0 Å². The molecule has 27 heavy (non-hydrogen) atoms. The number of alkyl halides is 3. The van der Waals surface area contributed by atoms with Crippen LogP contribution < -0.4 is 15.8 Å². The second-order valence-corrected chi connectivity index (χ2v) is 5.58. The maximum absolute atomic E-state index is 12.1. The van der Waals surface area contributed by atoms with Crippen LogP contribution in [0.15, 0.2) is 53.5 Å². The van der Waals surface area contributed by atoms with Crippen molar-refractivity contribution in [2.24, 2.45) is 10.7 Å². The highest BCUT2D eigenvalue weighted by atomic mass is 127. The van der Waals surface area contributed by atoms with Gasteiger partial charge in [-0.25, -0.2) is 0 Å². The predicted octanol–water partition coefficient (Wildman–Crippen LogP) is 4.97. The number of aliphatic imine (C=N–C) groups is 1. The second kappa shape index (κ2) is 10.6. The summed E-state index contributed by atoms with van der Waals surface area (Å²) in [5.74, 6) is -0.236. The van der Waals surface area contributed by atoms with Crippen LogP contribution in [0, 0.1) is 0 Å². The molecule has 0 saturated heterocycles. The Morgan fingerprint density at radius 3 is 2.37 bits per heavy atom. The fourth-order valence-electron chi connectivity index (χ4n) is 2.14. The highest BCUT2D eigenvalue weighted by Crippen LogP contribution is 2.26. The lowest BCUT2D eigenvalue weighted by atomic mass is 10.1. The fraction of sp³-hybridized carbons (Fsp3) is 0.235. The highest BCUT2D eigenvalue weighted by molar-refractivity contribution is 14.0. The number of ether oxygens (including phenoxy) is 2. The molecule has 2 aromatic rings. The van der Waals surface area contributed by atoms with Gasteiger partial charge in [-0.05, 0) is 30.3 Å². The second-order valence-electron chi connectivity index (χ2n) is 5.17. The number of hydrogen-bond acceptors (Lipinski definition) is 3. The molecule has 10 heteroatoms. The van der Waals surface area contributed by atoms with Gasteiger partial charge in [-0.2, -0.15) is 0 Å². The summed E-state index contributed by atoms with van der Waals surface area (Å²) in [5.41, 5.74) is 7.05. The largest absolute Gasteiger partial charge is 0.573 e. The Kier molecular flexibility index (Phi) is 9.13. The van der Waals surface area contributed by atoms with Gasteiger partial charge in [0.2, 0.25) is 0 Å². The normalized spacial score (nSPS) is 12.9. The van der Waals surface area contributed by atoms with Crippen molar-refractivity contribution in [1.29, 1.82) is 0 Å². The molecule has 5 nitrogen and oxygen atoms in total. The van der Waals surface area contributed by atoms with E-state index >= 15 is 0 Å². The molecule has 0 saturated carbocycles. The SMILES string of the molecule is COC(CN=C(N)Nc1ccc(OC(F)(F)F)cc1)c1ccccc1Cl.I. The number of hydrogen-bond donors (Lipinski definition) is 2. The van der Waals surface area contributed by atoms with E-state index in [4.69, 9.17) is 22.1 Å². The minimum Gasteiger partial charge on any atom is -0.406 e. The summed E-state index contributed by atoms with van der Waals surface area (Å²) in [4.78, 5) is 4.18. The van der Waals surface area contributed by atoms with Crippen LogP contribution in [0.25, 0.3) is 0 Å². The van der Waals surface area contributed by atoms with E-state index in [2.05, 4.69) is 15.0 Å². The Bertz CT molecular complexity index is 758. The average Bonchev–Trinajstić information content (AvgIpc) is 2.57. The molecule has 148 valence electrons. The van der Waals surface area contributed by atoms with Gasteiger partial charge in [0.1, 0.15) is 11.9 Å². The number of halogens is 5. The first-order valence-electron chi connectivity index (χ1n) is 7.48. The first-order valence-corrected chi connectivity index (χ1v) is 7.86. The van der Waals surface area contributed by atoms with Crippen molar-refractivity contribution >= 4 is 47.2 Å². The summed E-state index contributed by atoms with van der Waals surface area (Å²) in [5, 5.41) is 3.34. The van der Waals surface area contributed by atoms with Gasteiger partial charge in [0.25, 0.3) is 0 Å². The van der Waals surface area contributed by atoms with Gasteiger partial charge < -0.3 is 20.5 Å². The maximum Gasteiger partial charge on any atom is 0.573 e. The number of benzene rings is 2. The molecule has 0 heterocycles. The Morgan fingerprint density at radius 2 is 1.81 bits per heavy atom. The molecule has 0 amide bonds. The van der Waals surface area contributed by atoms with Crippen molar-refractivity contribution < 1.29 is 22.6 Å². The zero-order valence-electron chi connectivity index (χ0n) is 14.2. The molecule has 1 unspecified atom stereocenters. The lowest BCUT2D eigenvalue weighted by molar-refractivity contribution is -0.274. The third-order valence-corrected chi connectivity index (χ3v) is 3.67. The summed E-state index contributed by atoms with van der Waals surface area (Å²) in [6, 6.07) is 12.4. The van der Waals surface area contributed by atoms with Crippen molar-refractivity contribution in [3.8, 4) is 5.75 Å². The molecule has 1 atom stereocenters. The summed E-state index contributed by atoms with van der Waals surface area (Å²) in [6.45, 7) is 0.217. The number of guanidine groups is 1. The number of methoxy groups -OCH3 is 1. The van der Waals surface area contributed by atoms with Gasteiger partial charge in [-0.3, -0.25) is 4.99 Å². The van der Waals surface area contributed by atoms with Crippen LogP contribution in [0.5, 0.6) is 5.75 Å². The summed E-state index contributed by atoms with van der Waals surface area (Å²) < 4.78 is 45.6. The van der Waals surface area contributed by atoms with E-state index in [1.807, 2.05) is 18.2 Å². The van der Waals surface area contributed by atoms with Crippen molar-refractivity contribution in [3.05, 3.63) is 59.1 Å². The lowest BCUT2D eigenvalue weighted by Crippen LogP contribution is -2.24. The third-order valence-electron chi connectivity index (χ3n) is 3.32. The quantitative estimate of drug-likeness (QED) is 0.324. The van der Waals surface area contributed by atoms with Crippen LogP contribution >= 0.6 is 35.6 Å². The first kappa shape index (κ1) is 23.3. The number of nitrogens with two attached hydrogens (primary N) is 1. The van der Waals surface area contributed by atoms with Gasteiger partial charge in [-0.1, -0.05) is 29.8 Å². The monoisotopic (exact) mass is 515 g/mol. The molecule has 0 aliphatic heterocycles. The Balaban J connectivity index is 0.00000364. The standard InChI is InChI=1S/C17H17ClF3N3O2.HI/c1-25-15(13-4-2-3-5-14(13)18)10-23-16(22)24-11-6-8-12(9-7-11)26-17(19,20)21;/h2-9,15H,10H2,1H3,(H3,22,23,24);1H. The molecule has 0 aliphatic carbocycles. The van der Waals surface area contributed by atoms with Crippen molar-refractivity contribution in [2.45, 2.75) is 12.5 Å². The molecule has 2 aromatic carbocycles. The van der Waals surface area contributed by atoms with Crippen LogP contribution in [0.2, 0.25) is 5.02 Å².